The molecule has 0 aliphatic heterocycles. The summed E-state index contributed by atoms with van der Waals surface area (Å²) in [5.41, 5.74) is 5.20. The summed E-state index contributed by atoms with van der Waals surface area (Å²) in [4.78, 5) is 16.9. The van der Waals surface area contributed by atoms with Gasteiger partial charge in [0.2, 0.25) is 0 Å². The van der Waals surface area contributed by atoms with Crippen molar-refractivity contribution in [1.82, 2.24) is 19.9 Å². The Bertz CT molecular complexity index is 646. The first-order valence-electron chi connectivity index (χ1n) is 6.39. The van der Waals surface area contributed by atoms with Crippen LogP contribution in [0.15, 0.2) is 29.1 Å². The molecule has 116 valence electrons. The number of nitrogens with zero attached hydrogens (tertiary/aromatic N) is 4. The second-order valence-electron chi connectivity index (χ2n) is 4.58. The van der Waals surface area contributed by atoms with Crippen LogP contribution >= 0.6 is 15.9 Å². The Morgan fingerprint density at radius 1 is 0.864 bits per heavy atom. The quantitative estimate of drug-likeness (QED) is 0.696. The average Bonchev–Trinajstić information content (AvgIpc) is 3.06. The van der Waals surface area contributed by atoms with Crippen LogP contribution in [0, 0.1) is 6.92 Å². The molecule has 0 atom stereocenters. The van der Waals surface area contributed by atoms with Gasteiger partial charge in [0, 0.05) is 19.0 Å². The van der Waals surface area contributed by atoms with Gasteiger partial charge in [-0.25, -0.2) is 4.98 Å². The molecule has 2 aromatic heterocycles. The Morgan fingerprint density at radius 3 is 2.05 bits per heavy atom. The van der Waals surface area contributed by atoms with Gasteiger partial charge in [-0.3, -0.25) is 15.0 Å². The molecule has 0 amide bonds. The lowest BCUT2D eigenvalue weighted by Crippen LogP contribution is -1.92. The summed E-state index contributed by atoms with van der Waals surface area (Å²) >= 11 is 3.26. The van der Waals surface area contributed by atoms with E-state index >= 15 is 0 Å². The largest absolute Gasteiger partial charge is 0.257 e. The summed E-state index contributed by atoms with van der Waals surface area (Å²) in [5.74, 6) is 0. The first-order valence-corrected chi connectivity index (χ1v) is 7.18. The van der Waals surface area contributed by atoms with Crippen LogP contribution in [0.1, 0.15) is 43.3 Å². The molecule has 0 aromatic carbocycles. The van der Waals surface area contributed by atoms with Gasteiger partial charge in [0.05, 0.1) is 34.7 Å². The topological polar surface area (TPSA) is 51.6 Å². The van der Waals surface area contributed by atoms with E-state index in [0.29, 0.717) is 0 Å². The third-order valence-electron chi connectivity index (χ3n) is 3.02. The van der Waals surface area contributed by atoms with Crippen LogP contribution in [0.4, 0.5) is 0 Å². The second-order valence-corrected chi connectivity index (χ2v) is 5.39. The summed E-state index contributed by atoms with van der Waals surface area (Å²) in [6.45, 7) is 1.96. The zero-order chi connectivity index (χ0) is 13.9. The van der Waals surface area contributed by atoms with Gasteiger partial charge in [-0.2, -0.15) is 0 Å². The zero-order valence-corrected chi connectivity index (χ0v) is 12.6. The molecule has 0 saturated heterocycles. The van der Waals surface area contributed by atoms with E-state index in [1.54, 1.807) is 6.20 Å². The summed E-state index contributed by atoms with van der Waals surface area (Å²) in [7, 11) is 0. The minimum absolute atomic E-state index is 0. The molecule has 2 aliphatic rings. The van der Waals surface area contributed by atoms with E-state index in [-0.39, 0.29) is 14.9 Å². The van der Waals surface area contributed by atoms with E-state index in [1.165, 1.54) is 0 Å². The summed E-state index contributed by atoms with van der Waals surface area (Å²) in [5, 5.41) is 0. The number of hydrogen-bond donors (Lipinski definition) is 0. The van der Waals surface area contributed by atoms with Gasteiger partial charge in [0.15, 0.2) is 0 Å². The molecule has 0 fully saturated rings. The summed E-state index contributed by atoms with van der Waals surface area (Å²) in [6, 6.07) is 0. The Balaban J connectivity index is 0.000000202. The fraction of sp³-hybridized carbons (Fsp3) is 0.294. The van der Waals surface area contributed by atoms with Gasteiger partial charge < -0.3 is 0 Å². The van der Waals surface area contributed by atoms with E-state index in [4.69, 9.17) is 0 Å². The molecular weight excluding hydrogens is 340 g/mol. The molecule has 0 radical (unpaired) electrons. The minimum atomic E-state index is 0. The van der Waals surface area contributed by atoms with Crippen LogP contribution in [0.3, 0.4) is 0 Å². The van der Waals surface area contributed by atoms with Crippen molar-refractivity contribution < 1.29 is 0 Å². The smallest absolute Gasteiger partial charge is 0.125 e. The molecule has 0 saturated carbocycles. The molecule has 0 unspecified atom stereocenters. The van der Waals surface area contributed by atoms with Crippen LogP contribution in [0.5, 0.6) is 0 Å². The van der Waals surface area contributed by atoms with Crippen LogP contribution in [0.2, 0.25) is 0 Å². The molecule has 2 heterocycles. The molecule has 5 heteroatoms. The lowest BCUT2D eigenvalue weighted by atomic mass is 10.3. The van der Waals surface area contributed by atoms with Crippen molar-refractivity contribution in [3.05, 3.63) is 57.6 Å². The maximum absolute atomic E-state index is 4.30. The summed E-state index contributed by atoms with van der Waals surface area (Å²) in [6.07, 6.45) is 13.6. The van der Waals surface area contributed by atoms with E-state index in [0.717, 1.165) is 45.9 Å². The lowest BCUT2D eigenvalue weighted by Gasteiger charge is -1.95. The molecule has 2 aromatic rings. The van der Waals surface area contributed by atoms with E-state index in [2.05, 4.69) is 48.0 Å². The van der Waals surface area contributed by atoms with Gasteiger partial charge in [0.1, 0.15) is 4.60 Å². The SMILES string of the molecule is Brc1cnc2c(n1)C=CC2.C.C.Cc1cnc2c(n1)C=CC2. The van der Waals surface area contributed by atoms with E-state index in [1.807, 2.05) is 25.3 Å². The molecule has 0 bridgehead atoms. The van der Waals surface area contributed by atoms with Crippen molar-refractivity contribution in [2.24, 2.45) is 0 Å². The lowest BCUT2D eigenvalue weighted by molar-refractivity contribution is 1.03. The average molecular weight is 361 g/mol. The van der Waals surface area contributed by atoms with Crippen LogP contribution in [-0.2, 0) is 12.8 Å². The molecule has 4 nitrogen and oxygen atoms in total. The third kappa shape index (κ3) is 4.07. The molecular formula is C17H21BrN4. The van der Waals surface area contributed by atoms with Crippen LogP contribution in [0.25, 0.3) is 12.2 Å². The minimum Gasteiger partial charge on any atom is -0.257 e. The Morgan fingerprint density at radius 2 is 1.41 bits per heavy atom. The highest BCUT2D eigenvalue weighted by Gasteiger charge is 2.07. The van der Waals surface area contributed by atoms with E-state index in [9.17, 15) is 0 Å². The standard InChI is InChI=1S/C8H8N2.C7H5BrN2.2CH4/c1-6-5-9-7-3-2-4-8(7)10-6;8-7-4-9-5-2-1-3-6(5)10-7;;/h2,4-5H,3H2,1H3;1,3-4H,2H2;2*1H4. The number of fused-ring (bicyclic) bond motifs is 2. The molecule has 0 N–H and O–H groups in total. The van der Waals surface area contributed by atoms with Crippen molar-refractivity contribution in [2.75, 3.05) is 0 Å². The van der Waals surface area contributed by atoms with Crippen molar-refractivity contribution in [1.29, 1.82) is 0 Å². The van der Waals surface area contributed by atoms with Crippen LogP contribution in [-0.4, -0.2) is 19.9 Å². The molecule has 22 heavy (non-hydrogen) atoms. The zero-order valence-electron chi connectivity index (χ0n) is 11.0. The van der Waals surface area contributed by atoms with Crippen LogP contribution < -0.4 is 0 Å². The molecule has 4 rings (SSSR count). The number of aromatic nitrogens is 4. The maximum Gasteiger partial charge on any atom is 0.125 e. The Labute approximate surface area is 140 Å². The fourth-order valence-electron chi connectivity index (χ4n) is 2.07. The molecule has 0 spiro atoms. The Hall–Kier alpha value is -1.88. The van der Waals surface area contributed by atoms with Crippen molar-refractivity contribution in [3.63, 3.8) is 0 Å². The predicted octanol–water partition coefficient (Wildman–Crippen LogP) is 4.43. The fourth-order valence-corrected chi connectivity index (χ4v) is 2.37. The first kappa shape index (κ1) is 18.2. The number of rotatable bonds is 0. The van der Waals surface area contributed by atoms with Crippen molar-refractivity contribution in [3.8, 4) is 0 Å². The predicted molar refractivity (Wildman–Crippen MR) is 95.4 cm³/mol. The summed E-state index contributed by atoms with van der Waals surface area (Å²) < 4.78 is 0.804. The molecule has 2 aliphatic carbocycles. The van der Waals surface area contributed by atoms with Gasteiger partial charge in [-0.05, 0) is 35.0 Å². The third-order valence-corrected chi connectivity index (χ3v) is 3.41. The highest BCUT2D eigenvalue weighted by molar-refractivity contribution is 9.10. The highest BCUT2D eigenvalue weighted by Crippen LogP contribution is 2.16. The number of allylic oxidation sites excluding steroid dienone is 2. The number of hydrogen-bond acceptors (Lipinski definition) is 4. The number of aryl methyl sites for hydroxylation is 1. The maximum atomic E-state index is 4.30. The number of halogens is 1. The van der Waals surface area contributed by atoms with Crippen molar-refractivity contribution >= 4 is 28.1 Å². The second kappa shape index (κ2) is 7.94. The van der Waals surface area contributed by atoms with Gasteiger partial charge in [-0.15, -0.1) is 0 Å². The van der Waals surface area contributed by atoms with Gasteiger partial charge in [0.25, 0.3) is 0 Å². The monoisotopic (exact) mass is 360 g/mol. The highest BCUT2D eigenvalue weighted by atomic mass is 79.9. The van der Waals surface area contributed by atoms with E-state index < -0.39 is 0 Å². The normalized spacial score (nSPS) is 12.5. The van der Waals surface area contributed by atoms with Crippen molar-refractivity contribution in [2.45, 2.75) is 34.6 Å². The van der Waals surface area contributed by atoms with Gasteiger partial charge >= 0.3 is 0 Å². The Kier molecular flexibility index (Phi) is 6.56. The van der Waals surface area contributed by atoms with Gasteiger partial charge in [-0.1, -0.05) is 27.0 Å². The first-order chi connectivity index (χ1) is 9.72.